The van der Waals surface area contributed by atoms with E-state index < -0.39 is 17.3 Å². The minimum Gasteiger partial charge on any atom is -0.321 e. The van der Waals surface area contributed by atoms with Crippen LogP contribution in [0.2, 0.25) is 0 Å². The lowest BCUT2D eigenvalue weighted by Crippen LogP contribution is -2.43. The summed E-state index contributed by atoms with van der Waals surface area (Å²) >= 11 is 0. The van der Waals surface area contributed by atoms with Gasteiger partial charge in [0, 0.05) is 5.54 Å². The minimum atomic E-state index is -4.29. The molecule has 0 aliphatic heterocycles. The predicted molar refractivity (Wildman–Crippen MR) is 74.2 cm³/mol. The number of alkyl halides is 3. The molecule has 2 N–H and O–H groups in total. The summed E-state index contributed by atoms with van der Waals surface area (Å²) in [5.41, 5.74) is 6.94. The van der Waals surface area contributed by atoms with E-state index in [2.05, 4.69) is 13.8 Å². The molecule has 1 aromatic rings. The maximum Gasteiger partial charge on any atom is 0.416 e. The molecule has 0 heterocycles. The molecule has 3 unspecified atom stereocenters. The van der Waals surface area contributed by atoms with Gasteiger partial charge in [0.05, 0.1) is 5.56 Å². The van der Waals surface area contributed by atoms with Gasteiger partial charge < -0.3 is 5.73 Å². The quantitative estimate of drug-likeness (QED) is 0.800. The zero-order valence-corrected chi connectivity index (χ0v) is 12.2. The first kappa shape index (κ1) is 15.4. The highest BCUT2D eigenvalue weighted by molar-refractivity contribution is 5.37. The average Bonchev–Trinajstić information content (AvgIpc) is 2.33. The van der Waals surface area contributed by atoms with Gasteiger partial charge >= 0.3 is 6.18 Å². The van der Waals surface area contributed by atoms with Gasteiger partial charge in [-0.25, -0.2) is 0 Å². The number of hydrogen-bond donors (Lipinski definition) is 1. The minimum absolute atomic E-state index is 0.486. The Morgan fingerprint density at radius 3 is 2.35 bits per heavy atom. The van der Waals surface area contributed by atoms with E-state index in [0.29, 0.717) is 17.4 Å². The molecule has 0 radical (unpaired) electrons. The normalized spacial score (nSPS) is 31.4. The maximum absolute atomic E-state index is 12.7. The van der Waals surface area contributed by atoms with Crippen LogP contribution in [0, 0.1) is 18.8 Å². The molecule has 2 rings (SSSR count). The first-order valence-electron chi connectivity index (χ1n) is 7.11. The highest BCUT2D eigenvalue weighted by Gasteiger charge is 2.38. The van der Waals surface area contributed by atoms with Crippen molar-refractivity contribution in [2.45, 2.75) is 51.7 Å². The summed E-state index contributed by atoms with van der Waals surface area (Å²) in [6.07, 6.45) is -1.59. The van der Waals surface area contributed by atoms with Gasteiger partial charge in [0.15, 0.2) is 0 Å². The van der Waals surface area contributed by atoms with E-state index in [4.69, 9.17) is 5.73 Å². The van der Waals surface area contributed by atoms with Gasteiger partial charge in [0.25, 0.3) is 0 Å². The molecule has 20 heavy (non-hydrogen) atoms. The Kier molecular flexibility index (Phi) is 3.89. The molecule has 0 aromatic heterocycles. The number of aryl methyl sites for hydroxylation is 1. The van der Waals surface area contributed by atoms with Crippen molar-refractivity contribution in [3.63, 3.8) is 0 Å². The Morgan fingerprint density at radius 1 is 1.20 bits per heavy atom. The van der Waals surface area contributed by atoms with Crippen LogP contribution in [0.4, 0.5) is 13.2 Å². The Hall–Kier alpha value is -1.03. The topological polar surface area (TPSA) is 26.0 Å². The second kappa shape index (κ2) is 5.06. The summed E-state index contributed by atoms with van der Waals surface area (Å²) in [7, 11) is 0. The lowest BCUT2D eigenvalue weighted by molar-refractivity contribution is -0.137. The molecule has 1 fully saturated rings. The number of hydrogen-bond acceptors (Lipinski definition) is 1. The Morgan fingerprint density at radius 2 is 1.85 bits per heavy atom. The molecule has 0 spiro atoms. The first-order valence-corrected chi connectivity index (χ1v) is 7.11. The third kappa shape index (κ3) is 2.85. The first-order chi connectivity index (χ1) is 9.13. The van der Waals surface area contributed by atoms with Crippen LogP contribution < -0.4 is 5.73 Å². The van der Waals surface area contributed by atoms with Crippen molar-refractivity contribution in [3.05, 3.63) is 34.9 Å². The summed E-state index contributed by atoms with van der Waals surface area (Å²) in [5, 5.41) is 0. The fourth-order valence-corrected chi connectivity index (χ4v) is 3.29. The van der Waals surface area contributed by atoms with Crippen LogP contribution in [0.15, 0.2) is 18.2 Å². The number of benzene rings is 1. The third-order valence-electron chi connectivity index (χ3n) is 4.79. The van der Waals surface area contributed by atoms with Crippen molar-refractivity contribution in [1.82, 2.24) is 0 Å². The molecule has 1 aliphatic carbocycles. The predicted octanol–water partition coefficient (Wildman–Crippen LogP) is 4.62. The highest BCUT2D eigenvalue weighted by atomic mass is 19.4. The summed E-state index contributed by atoms with van der Waals surface area (Å²) < 4.78 is 38.2. The molecule has 1 aliphatic rings. The van der Waals surface area contributed by atoms with Gasteiger partial charge in [0.1, 0.15) is 0 Å². The van der Waals surface area contributed by atoms with E-state index >= 15 is 0 Å². The van der Waals surface area contributed by atoms with E-state index in [0.717, 1.165) is 30.9 Å². The third-order valence-corrected chi connectivity index (χ3v) is 4.79. The molecular weight excluding hydrogens is 263 g/mol. The molecule has 0 amide bonds. The lowest BCUT2D eigenvalue weighted by Gasteiger charge is -2.41. The van der Waals surface area contributed by atoms with Crippen molar-refractivity contribution < 1.29 is 13.2 Å². The molecule has 4 heteroatoms. The average molecular weight is 285 g/mol. The smallest absolute Gasteiger partial charge is 0.321 e. The van der Waals surface area contributed by atoms with E-state index in [-0.39, 0.29) is 0 Å². The Labute approximate surface area is 118 Å². The van der Waals surface area contributed by atoms with Gasteiger partial charge in [0.2, 0.25) is 0 Å². The second-order valence-electron chi connectivity index (χ2n) is 6.38. The fourth-order valence-electron chi connectivity index (χ4n) is 3.29. The largest absolute Gasteiger partial charge is 0.416 e. The van der Waals surface area contributed by atoms with Gasteiger partial charge in [-0.15, -0.1) is 0 Å². The zero-order chi connectivity index (χ0) is 15.1. The number of rotatable bonds is 1. The zero-order valence-electron chi connectivity index (χ0n) is 12.2. The molecule has 1 saturated carbocycles. The summed E-state index contributed by atoms with van der Waals surface area (Å²) in [5.74, 6) is 1.12. The van der Waals surface area contributed by atoms with Gasteiger partial charge in [-0.2, -0.15) is 13.2 Å². The van der Waals surface area contributed by atoms with Crippen LogP contribution in [0.5, 0.6) is 0 Å². The van der Waals surface area contributed by atoms with Crippen LogP contribution in [-0.4, -0.2) is 0 Å². The van der Waals surface area contributed by atoms with Crippen LogP contribution in [0.3, 0.4) is 0 Å². The van der Waals surface area contributed by atoms with Crippen molar-refractivity contribution in [3.8, 4) is 0 Å². The molecule has 3 atom stereocenters. The van der Waals surface area contributed by atoms with Gasteiger partial charge in [-0.1, -0.05) is 19.9 Å². The van der Waals surface area contributed by atoms with Crippen molar-refractivity contribution in [2.24, 2.45) is 17.6 Å². The molecule has 1 aromatic carbocycles. The SMILES string of the molecule is Cc1cc(C(F)(F)F)ccc1C1(N)CCC(C)C(C)C1. The van der Waals surface area contributed by atoms with Gasteiger partial charge in [-0.3, -0.25) is 0 Å². The van der Waals surface area contributed by atoms with Gasteiger partial charge in [-0.05, 0) is 61.3 Å². The van der Waals surface area contributed by atoms with Crippen molar-refractivity contribution in [2.75, 3.05) is 0 Å². The van der Waals surface area contributed by atoms with Crippen LogP contribution in [-0.2, 0) is 11.7 Å². The number of nitrogens with two attached hydrogens (primary N) is 1. The van der Waals surface area contributed by atoms with E-state index in [1.165, 1.54) is 6.07 Å². The van der Waals surface area contributed by atoms with Crippen LogP contribution >= 0.6 is 0 Å². The molecule has 112 valence electrons. The molecular formula is C16H22F3N. The molecule has 0 bridgehead atoms. The number of halogens is 3. The van der Waals surface area contributed by atoms with E-state index in [1.54, 1.807) is 13.0 Å². The standard InChI is InChI=1S/C16H22F3N/c1-10-6-7-15(20,9-12(10)3)14-5-4-13(8-11(14)2)16(17,18)19/h4-5,8,10,12H,6-7,9,20H2,1-3H3. The van der Waals surface area contributed by atoms with Crippen LogP contribution in [0.1, 0.15) is 49.8 Å². The van der Waals surface area contributed by atoms with E-state index in [9.17, 15) is 13.2 Å². The summed E-state index contributed by atoms with van der Waals surface area (Å²) in [4.78, 5) is 0. The summed E-state index contributed by atoms with van der Waals surface area (Å²) in [6.45, 7) is 6.11. The Bertz CT molecular complexity index is 495. The van der Waals surface area contributed by atoms with Crippen molar-refractivity contribution in [1.29, 1.82) is 0 Å². The van der Waals surface area contributed by atoms with E-state index in [1.807, 2.05) is 0 Å². The Balaban J connectivity index is 2.34. The molecule has 1 nitrogen and oxygen atoms in total. The van der Waals surface area contributed by atoms with Crippen molar-refractivity contribution >= 4 is 0 Å². The highest BCUT2D eigenvalue weighted by Crippen LogP contribution is 2.42. The van der Waals surface area contributed by atoms with Crippen LogP contribution in [0.25, 0.3) is 0 Å². The molecule has 0 saturated heterocycles. The second-order valence-corrected chi connectivity index (χ2v) is 6.38. The summed E-state index contributed by atoms with van der Waals surface area (Å²) in [6, 6.07) is 3.94. The fraction of sp³-hybridized carbons (Fsp3) is 0.625. The lowest BCUT2D eigenvalue weighted by atomic mass is 9.68. The monoisotopic (exact) mass is 285 g/mol. The maximum atomic E-state index is 12.7.